The van der Waals surface area contributed by atoms with Crippen molar-refractivity contribution in [2.45, 2.75) is 26.2 Å². The smallest absolute Gasteiger partial charge is 0.228 e. The molecule has 2 aromatic rings. The molecule has 2 aromatic heterocycles. The molecule has 0 aromatic carbocycles. The fourth-order valence-corrected chi connectivity index (χ4v) is 1.54. The molecule has 0 spiro atoms. The van der Waals surface area contributed by atoms with Crippen molar-refractivity contribution in [2.75, 3.05) is 0 Å². The van der Waals surface area contributed by atoms with Gasteiger partial charge in [-0.25, -0.2) is 0 Å². The zero-order chi connectivity index (χ0) is 12.1. The third kappa shape index (κ3) is 2.48. The van der Waals surface area contributed by atoms with Gasteiger partial charge in [0.25, 0.3) is 0 Å². The highest BCUT2D eigenvalue weighted by Gasteiger charge is 2.12. The third-order valence-corrected chi connectivity index (χ3v) is 2.40. The summed E-state index contributed by atoms with van der Waals surface area (Å²) < 4.78 is 5.07. The lowest BCUT2D eigenvalue weighted by atomic mass is 10.1. The van der Waals surface area contributed by atoms with Gasteiger partial charge in [-0.3, -0.25) is 4.98 Å². The minimum atomic E-state index is 0.379. The van der Waals surface area contributed by atoms with Crippen LogP contribution in [-0.2, 0) is 12.8 Å². The third-order valence-electron chi connectivity index (χ3n) is 2.40. The second-order valence-electron chi connectivity index (χ2n) is 3.53. The Bertz CT molecular complexity index is 541. The summed E-state index contributed by atoms with van der Waals surface area (Å²) in [4.78, 5) is 8.50. The molecule has 0 aliphatic carbocycles. The van der Waals surface area contributed by atoms with E-state index in [1.165, 1.54) is 0 Å². The molecule has 0 radical (unpaired) electrons. The number of nitriles is 1. The van der Waals surface area contributed by atoms with Crippen molar-refractivity contribution < 1.29 is 4.52 Å². The maximum Gasteiger partial charge on any atom is 0.228 e. The molecule has 0 saturated carbocycles. The molecule has 2 rings (SSSR count). The molecule has 5 heteroatoms. The van der Waals surface area contributed by atoms with Crippen LogP contribution in [0.25, 0.3) is 11.5 Å². The van der Waals surface area contributed by atoms with Crippen LogP contribution in [0, 0.1) is 11.3 Å². The molecule has 0 aliphatic rings. The predicted molar refractivity (Wildman–Crippen MR) is 60.8 cm³/mol. The number of pyridine rings is 1. The van der Waals surface area contributed by atoms with Crippen LogP contribution in [0.4, 0.5) is 0 Å². The Balaban J connectivity index is 2.28. The molecular weight excluding hydrogens is 216 g/mol. The van der Waals surface area contributed by atoms with Crippen molar-refractivity contribution in [3.05, 3.63) is 29.8 Å². The van der Waals surface area contributed by atoms with Gasteiger partial charge in [-0.15, -0.1) is 0 Å². The highest BCUT2D eigenvalue weighted by Crippen LogP contribution is 2.18. The summed E-state index contributed by atoms with van der Waals surface area (Å²) in [5.74, 6) is 0.977. The van der Waals surface area contributed by atoms with Gasteiger partial charge in [0.15, 0.2) is 0 Å². The Morgan fingerprint density at radius 3 is 3.12 bits per heavy atom. The van der Waals surface area contributed by atoms with Crippen LogP contribution in [0.1, 0.15) is 24.8 Å². The molecule has 0 aliphatic heterocycles. The summed E-state index contributed by atoms with van der Waals surface area (Å²) in [5, 5.41) is 12.4. The Labute approximate surface area is 99.1 Å². The number of rotatable bonds is 4. The molecule has 0 fully saturated rings. The molecule has 0 amide bonds. The van der Waals surface area contributed by atoms with Crippen molar-refractivity contribution in [3.8, 4) is 17.6 Å². The lowest BCUT2D eigenvalue weighted by Crippen LogP contribution is -1.93. The van der Waals surface area contributed by atoms with Crippen LogP contribution in [0.2, 0.25) is 0 Å². The minimum Gasteiger partial charge on any atom is -0.339 e. The topological polar surface area (TPSA) is 75.6 Å². The van der Waals surface area contributed by atoms with Gasteiger partial charge in [0, 0.05) is 19.0 Å². The van der Waals surface area contributed by atoms with E-state index in [1.807, 2.05) is 18.2 Å². The van der Waals surface area contributed by atoms with Crippen molar-refractivity contribution in [1.29, 1.82) is 5.26 Å². The zero-order valence-corrected chi connectivity index (χ0v) is 9.55. The van der Waals surface area contributed by atoms with Gasteiger partial charge < -0.3 is 4.52 Å². The van der Waals surface area contributed by atoms with Gasteiger partial charge in [0.2, 0.25) is 11.7 Å². The lowest BCUT2D eigenvalue weighted by Gasteiger charge is -2.00. The van der Waals surface area contributed by atoms with Crippen molar-refractivity contribution >= 4 is 0 Å². The SMILES string of the molecule is CCc1cccnc1-c1noc(CCC#N)n1. The fourth-order valence-electron chi connectivity index (χ4n) is 1.54. The standard InChI is InChI=1S/C12H12N4O/c1-2-9-5-4-8-14-11(9)12-15-10(17-16-12)6-3-7-13/h4-5,8H,2-3,6H2,1H3. The van der Waals surface area contributed by atoms with E-state index in [9.17, 15) is 0 Å². The van der Waals surface area contributed by atoms with E-state index in [4.69, 9.17) is 9.78 Å². The molecule has 0 saturated heterocycles. The van der Waals surface area contributed by atoms with E-state index in [-0.39, 0.29) is 0 Å². The van der Waals surface area contributed by atoms with Crippen LogP contribution in [-0.4, -0.2) is 15.1 Å². The highest BCUT2D eigenvalue weighted by atomic mass is 16.5. The van der Waals surface area contributed by atoms with E-state index in [0.717, 1.165) is 17.7 Å². The molecule has 0 unspecified atom stereocenters. The average molecular weight is 228 g/mol. The van der Waals surface area contributed by atoms with Crippen LogP contribution in [0.15, 0.2) is 22.9 Å². The van der Waals surface area contributed by atoms with Gasteiger partial charge >= 0.3 is 0 Å². The van der Waals surface area contributed by atoms with Crippen molar-refractivity contribution in [3.63, 3.8) is 0 Å². The summed E-state index contributed by atoms with van der Waals surface area (Å²) in [5.41, 5.74) is 1.84. The normalized spacial score (nSPS) is 10.1. The Hall–Kier alpha value is -2.22. The number of aryl methyl sites for hydroxylation is 2. The first-order valence-corrected chi connectivity index (χ1v) is 5.49. The molecule has 5 nitrogen and oxygen atoms in total. The van der Waals surface area contributed by atoms with Crippen LogP contribution in [0.5, 0.6) is 0 Å². The van der Waals surface area contributed by atoms with Crippen molar-refractivity contribution in [2.24, 2.45) is 0 Å². The molecule has 0 N–H and O–H groups in total. The number of aromatic nitrogens is 3. The second-order valence-corrected chi connectivity index (χ2v) is 3.53. The first-order chi connectivity index (χ1) is 8.35. The number of hydrogen-bond acceptors (Lipinski definition) is 5. The zero-order valence-electron chi connectivity index (χ0n) is 9.55. The molecular formula is C12H12N4O. The van der Waals surface area contributed by atoms with E-state index in [1.54, 1.807) is 6.20 Å². The number of hydrogen-bond donors (Lipinski definition) is 0. The van der Waals surface area contributed by atoms with Crippen LogP contribution >= 0.6 is 0 Å². The van der Waals surface area contributed by atoms with E-state index in [0.29, 0.717) is 24.6 Å². The largest absolute Gasteiger partial charge is 0.339 e. The number of nitrogens with zero attached hydrogens (tertiary/aromatic N) is 4. The Morgan fingerprint density at radius 1 is 1.47 bits per heavy atom. The Morgan fingerprint density at radius 2 is 2.35 bits per heavy atom. The summed E-state index contributed by atoms with van der Waals surface area (Å²) in [6.45, 7) is 2.05. The second kappa shape index (κ2) is 5.21. The first-order valence-electron chi connectivity index (χ1n) is 5.49. The maximum absolute atomic E-state index is 8.48. The molecule has 2 heterocycles. The van der Waals surface area contributed by atoms with Gasteiger partial charge in [-0.1, -0.05) is 18.1 Å². The first kappa shape index (κ1) is 11.3. The van der Waals surface area contributed by atoms with Gasteiger partial charge in [0.05, 0.1) is 6.07 Å². The fraction of sp³-hybridized carbons (Fsp3) is 0.333. The lowest BCUT2D eigenvalue weighted by molar-refractivity contribution is 0.380. The summed E-state index contributed by atoms with van der Waals surface area (Å²) >= 11 is 0. The Kier molecular flexibility index (Phi) is 3.46. The molecule has 86 valence electrons. The maximum atomic E-state index is 8.48. The van der Waals surface area contributed by atoms with E-state index < -0.39 is 0 Å². The van der Waals surface area contributed by atoms with Crippen LogP contribution < -0.4 is 0 Å². The predicted octanol–water partition coefficient (Wildman–Crippen LogP) is 2.15. The van der Waals surface area contributed by atoms with Crippen molar-refractivity contribution in [1.82, 2.24) is 15.1 Å². The molecule has 0 atom stereocenters. The summed E-state index contributed by atoms with van der Waals surface area (Å²) in [6.07, 6.45) is 3.44. The summed E-state index contributed by atoms with van der Waals surface area (Å²) in [6, 6.07) is 5.93. The molecule has 17 heavy (non-hydrogen) atoms. The molecule has 0 bridgehead atoms. The van der Waals surface area contributed by atoms with E-state index >= 15 is 0 Å². The van der Waals surface area contributed by atoms with Crippen LogP contribution in [0.3, 0.4) is 0 Å². The van der Waals surface area contributed by atoms with Gasteiger partial charge in [0.1, 0.15) is 5.69 Å². The van der Waals surface area contributed by atoms with Gasteiger partial charge in [-0.05, 0) is 18.1 Å². The highest BCUT2D eigenvalue weighted by molar-refractivity contribution is 5.53. The van der Waals surface area contributed by atoms with Gasteiger partial charge in [-0.2, -0.15) is 10.2 Å². The van der Waals surface area contributed by atoms with E-state index in [2.05, 4.69) is 22.0 Å². The summed E-state index contributed by atoms with van der Waals surface area (Å²) in [7, 11) is 0. The minimum absolute atomic E-state index is 0.379. The average Bonchev–Trinajstić information content (AvgIpc) is 2.85. The quantitative estimate of drug-likeness (QED) is 0.801. The monoisotopic (exact) mass is 228 g/mol.